The molecule has 0 aliphatic carbocycles. The standard InChI is InChI=1S/C25H39F2N9O3/c1-25(2)14-36(9-6-31-25)24(38)15-4-7-35(8-5-15)20-17(27)11-29-12-18(20)32-23(37)19(21(28)33-39)22-30-10-16(26)13-34(22)3/h11-12,15-16,19,21-22,30-31H,4-10,13-14,28H2,1-3H3,(H,32,37). The summed E-state index contributed by atoms with van der Waals surface area (Å²) in [5.74, 6) is -2.49. The van der Waals surface area contributed by atoms with Crippen molar-refractivity contribution in [3.63, 3.8) is 0 Å². The summed E-state index contributed by atoms with van der Waals surface area (Å²) in [5.41, 5.74) is 6.03. The molecule has 0 radical (unpaired) electrons. The lowest BCUT2D eigenvalue weighted by Gasteiger charge is -2.42. The molecule has 0 spiro atoms. The molecule has 5 N–H and O–H groups in total. The Hall–Kier alpha value is -2.81. The first kappa shape index (κ1) is 29.2. The van der Waals surface area contributed by atoms with Crippen LogP contribution in [0.3, 0.4) is 0 Å². The van der Waals surface area contributed by atoms with Crippen molar-refractivity contribution in [1.29, 1.82) is 0 Å². The Morgan fingerprint density at radius 2 is 1.97 bits per heavy atom. The first-order chi connectivity index (χ1) is 18.5. The van der Waals surface area contributed by atoms with E-state index in [1.807, 2.05) is 4.90 Å². The van der Waals surface area contributed by atoms with E-state index in [1.54, 1.807) is 16.8 Å². The van der Waals surface area contributed by atoms with Gasteiger partial charge in [-0.2, -0.15) is 0 Å². The van der Waals surface area contributed by atoms with Crippen LogP contribution in [-0.4, -0.2) is 104 Å². The molecule has 39 heavy (non-hydrogen) atoms. The number of carbonyl (C=O) groups excluding carboxylic acids is 2. The van der Waals surface area contributed by atoms with Gasteiger partial charge in [-0.15, -0.1) is 4.91 Å². The van der Waals surface area contributed by atoms with Crippen molar-refractivity contribution >= 4 is 23.2 Å². The van der Waals surface area contributed by atoms with Crippen molar-refractivity contribution in [2.24, 2.45) is 22.7 Å². The summed E-state index contributed by atoms with van der Waals surface area (Å²) in [6.45, 7) is 7.06. The van der Waals surface area contributed by atoms with Crippen LogP contribution in [0.1, 0.15) is 26.7 Å². The summed E-state index contributed by atoms with van der Waals surface area (Å²) in [4.78, 5) is 47.1. The predicted octanol–water partition coefficient (Wildman–Crippen LogP) is 0.453. The monoisotopic (exact) mass is 551 g/mol. The second kappa shape index (κ2) is 12.1. The number of alkyl halides is 1. The number of rotatable bonds is 7. The van der Waals surface area contributed by atoms with Crippen LogP contribution in [0, 0.1) is 22.6 Å². The summed E-state index contributed by atoms with van der Waals surface area (Å²) in [6.07, 6.45) is 0.197. The van der Waals surface area contributed by atoms with E-state index in [-0.39, 0.29) is 41.8 Å². The number of nitrogens with one attached hydrogen (secondary N) is 3. The zero-order chi connectivity index (χ0) is 28.3. The van der Waals surface area contributed by atoms with Gasteiger partial charge in [0.15, 0.2) is 12.0 Å². The van der Waals surface area contributed by atoms with Crippen LogP contribution in [-0.2, 0) is 9.59 Å². The molecule has 12 nitrogen and oxygen atoms in total. The maximum Gasteiger partial charge on any atom is 0.234 e. The smallest absolute Gasteiger partial charge is 0.234 e. The van der Waals surface area contributed by atoms with Crippen LogP contribution in [0.4, 0.5) is 20.2 Å². The first-order valence-corrected chi connectivity index (χ1v) is 13.4. The van der Waals surface area contributed by atoms with Crippen LogP contribution in [0.5, 0.6) is 0 Å². The van der Waals surface area contributed by atoms with Crippen LogP contribution in [0.25, 0.3) is 0 Å². The third kappa shape index (κ3) is 6.68. The molecule has 0 aromatic carbocycles. The van der Waals surface area contributed by atoms with Gasteiger partial charge in [0, 0.05) is 57.3 Å². The molecule has 4 heterocycles. The minimum Gasteiger partial charge on any atom is -0.367 e. The number of anilines is 2. The largest absolute Gasteiger partial charge is 0.367 e. The van der Waals surface area contributed by atoms with E-state index in [4.69, 9.17) is 5.73 Å². The van der Waals surface area contributed by atoms with Crippen molar-refractivity contribution < 1.29 is 18.4 Å². The van der Waals surface area contributed by atoms with E-state index in [1.165, 1.54) is 6.20 Å². The van der Waals surface area contributed by atoms with E-state index >= 15 is 4.39 Å². The molecule has 3 aliphatic heterocycles. The molecule has 3 saturated heterocycles. The number of amides is 2. The fourth-order valence-electron chi connectivity index (χ4n) is 5.84. The second-order valence-corrected chi connectivity index (χ2v) is 11.4. The van der Waals surface area contributed by atoms with Gasteiger partial charge in [0.2, 0.25) is 11.8 Å². The molecule has 4 rings (SSSR count). The number of nitrogens with two attached hydrogens (primary N) is 1. The predicted molar refractivity (Wildman–Crippen MR) is 143 cm³/mol. The molecule has 216 valence electrons. The SMILES string of the molecule is CN1CC(F)CNC1C(C(=O)Nc1cncc(F)c1N1CCC(C(=O)N2CCNC(C)(C)C2)CC1)C(N)N=O. The van der Waals surface area contributed by atoms with Crippen LogP contribution in [0.2, 0.25) is 0 Å². The third-order valence-electron chi connectivity index (χ3n) is 7.82. The van der Waals surface area contributed by atoms with Gasteiger partial charge >= 0.3 is 0 Å². The second-order valence-electron chi connectivity index (χ2n) is 11.4. The molecule has 1 aromatic rings. The number of hydrogen-bond donors (Lipinski definition) is 4. The van der Waals surface area contributed by atoms with Gasteiger partial charge in [-0.05, 0) is 33.7 Å². The lowest BCUT2D eigenvalue weighted by Crippen LogP contribution is -2.62. The van der Waals surface area contributed by atoms with E-state index < -0.39 is 36.1 Å². The molecule has 0 saturated carbocycles. The summed E-state index contributed by atoms with van der Waals surface area (Å²) < 4.78 is 28.9. The average Bonchev–Trinajstić information content (AvgIpc) is 2.89. The van der Waals surface area contributed by atoms with Gasteiger partial charge in [0.25, 0.3) is 0 Å². The topological polar surface area (TPSA) is 148 Å². The quantitative estimate of drug-likeness (QED) is 0.355. The minimum absolute atomic E-state index is 0.00373. The van der Waals surface area contributed by atoms with E-state index in [0.29, 0.717) is 39.0 Å². The minimum atomic E-state index is -1.41. The molecule has 2 amide bonds. The van der Waals surface area contributed by atoms with Gasteiger partial charge in [-0.1, -0.05) is 5.18 Å². The molecule has 1 aromatic heterocycles. The van der Waals surface area contributed by atoms with Gasteiger partial charge in [0.1, 0.15) is 17.8 Å². The maximum atomic E-state index is 15.1. The summed E-state index contributed by atoms with van der Waals surface area (Å²) >= 11 is 0. The zero-order valence-corrected chi connectivity index (χ0v) is 22.7. The number of nitroso groups, excluding NO2 is 1. The summed E-state index contributed by atoms with van der Waals surface area (Å²) in [6, 6.07) is 0. The van der Waals surface area contributed by atoms with Crippen molar-refractivity contribution in [3.05, 3.63) is 23.1 Å². The summed E-state index contributed by atoms with van der Waals surface area (Å²) in [5, 5.41) is 11.8. The number of piperazine rings is 1. The molecular weight excluding hydrogens is 512 g/mol. The molecular formula is C25H39F2N9O3. The molecule has 3 fully saturated rings. The van der Waals surface area contributed by atoms with Crippen LogP contribution in [0.15, 0.2) is 17.6 Å². The number of aromatic nitrogens is 1. The van der Waals surface area contributed by atoms with Gasteiger partial charge in [-0.3, -0.25) is 24.8 Å². The maximum absolute atomic E-state index is 15.1. The normalized spacial score (nSPS) is 26.1. The Morgan fingerprint density at radius 3 is 2.62 bits per heavy atom. The first-order valence-electron chi connectivity index (χ1n) is 13.4. The molecule has 4 atom stereocenters. The highest BCUT2D eigenvalue weighted by atomic mass is 19.1. The number of carbonyl (C=O) groups is 2. The Labute approximate surface area is 227 Å². The molecule has 3 aliphatic rings. The third-order valence-corrected chi connectivity index (χ3v) is 7.82. The highest BCUT2D eigenvalue weighted by Gasteiger charge is 2.41. The number of nitrogens with zero attached hydrogens (tertiary/aromatic N) is 5. The van der Waals surface area contributed by atoms with Crippen LogP contribution >= 0.6 is 0 Å². The highest BCUT2D eigenvalue weighted by molar-refractivity contribution is 5.96. The van der Waals surface area contributed by atoms with E-state index in [9.17, 15) is 18.9 Å². The number of pyridine rings is 1. The van der Waals surface area contributed by atoms with Gasteiger partial charge < -0.3 is 26.2 Å². The lowest BCUT2D eigenvalue weighted by molar-refractivity contribution is -0.138. The molecule has 0 bridgehead atoms. The Kier molecular flexibility index (Phi) is 9.09. The van der Waals surface area contributed by atoms with E-state index in [0.717, 1.165) is 12.7 Å². The van der Waals surface area contributed by atoms with Gasteiger partial charge in [0.05, 0.1) is 24.2 Å². The van der Waals surface area contributed by atoms with Crippen molar-refractivity contribution in [2.75, 3.05) is 63.1 Å². The summed E-state index contributed by atoms with van der Waals surface area (Å²) in [7, 11) is 1.61. The molecule has 4 unspecified atom stereocenters. The van der Waals surface area contributed by atoms with Gasteiger partial charge in [-0.25, -0.2) is 8.78 Å². The van der Waals surface area contributed by atoms with Crippen molar-refractivity contribution in [3.8, 4) is 0 Å². The van der Waals surface area contributed by atoms with E-state index in [2.05, 4.69) is 40.0 Å². The Balaban J connectivity index is 1.46. The lowest BCUT2D eigenvalue weighted by atomic mass is 9.93. The average molecular weight is 552 g/mol. The fourth-order valence-corrected chi connectivity index (χ4v) is 5.84. The van der Waals surface area contributed by atoms with Crippen molar-refractivity contribution in [2.45, 2.75) is 50.7 Å². The zero-order valence-electron chi connectivity index (χ0n) is 22.7. The Bertz CT molecular complexity index is 1050. The number of hydrogen-bond acceptors (Lipinski definition) is 10. The fraction of sp³-hybridized carbons (Fsp3) is 0.720. The van der Waals surface area contributed by atoms with Crippen molar-refractivity contribution in [1.82, 2.24) is 25.4 Å². The number of halogens is 2. The Morgan fingerprint density at radius 1 is 1.26 bits per heavy atom. The highest BCUT2D eigenvalue weighted by Crippen LogP contribution is 2.33. The van der Waals surface area contributed by atoms with Crippen LogP contribution < -0.4 is 26.6 Å². The number of piperidine rings is 1. The molecule has 14 heteroatoms.